The number of nitrogens with zero attached hydrogens (tertiary/aromatic N) is 2. The maximum atomic E-state index is 12.8. The Labute approximate surface area is 129 Å². The van der Waals surface area contributed by atoms with Gasteiger partial charge in [-0.25, -0.2) is 0 Å². The van der Waals surface area contributed by atoms with Crippen LogP contribution < -0.4 is 5.32 Å². The summed E-state index contributed by atoms with van der Waals surface area (Å²) in [4.78, 5) is 17.4. The third-order valence-electron chi connectivity index (χ3n) is 5.77. The van der Waals surface area contributed by atoms with Gasteiger partial charge in [0.15, 0.2) is 0 Å². The van der Waals surface area contributed by atoms with E-state index in [0.29, 0.717) is 18.5 Å². The molecule has 0 spiro atoms. The highest BCUT2D eigenvalue weighted by Crippen LogP contribution is 2.33. The molecule has 0 unspecified atom stereocenters. The lowest BCUT2D eigenvalue weighted by molar-refractivity contribution is -0.139. The zero-order valence-electron chi connectivity index (χ0n) is 13.6. The SMILES string of the molecule is C[C@]12CCCN(C(=O)CN3CCCCCC3)[C@@H]1CCCN2. The summed E-state index contributed by atoms with van der Waals surface area (Å²) in [6.07, 6.45) is 9.92. The zero-order valence-corrected chi connectivity index (χ0v) is 13.6. The van der Waals surface area contributed by atoms with Crippen molar-refractivity contribution in [2.45, 2.75) is 69.9 Å². The fourth-order valence-electron chi connectivity index (χ4n) is 4.51. The van der Waals surface area contributed by atoms with E-state index in [9.17, 15) is 4.79 Å². The van der Waals surface area contributed by atoms with Crippen LogP contribution in [0.3, 0.4) is 0 Å². The Hall–Kier alpha value is -0.610. The molecule has 21 heavy (non-hydrogen) atoms. The fourth-order valence-corrected chi connectivity index (χ4v) is 4.51. The molecule has 4 heteroatoms. The number of hydrogen-bond donors (Lipinski definition) is 1. The van der Waals surface area contributed by atoms with Crippen LogP contribution >= 0.6 is 0 Å². The van der Waals surface area contributed by atoms with Crippen molar-refractivity contribution in [2.75, 3.05) is 32.7 Å². The minimum Gasteiger partial charge on any atom is -0.337 e. The van der Waals surface area contributed by atoms with Crippen LogP contribution in [0.4, 0.5) is 0 Å². The molecule has 0 aromatic rings. The van der Waals surface area contributed by atoms with Crippen molar-refractivity contribution in [1.29, 1.82) is 0 Å². The highest BCUT2D eigenvalue weighted by Gasteiger charge is 2.44. The molecular weight excluding hydrogens is 262 g/mol. The van der Waals surface area contributed by atoms with Gasteiger partial charge in [0.05, 0.1) is 6.54 Å². The molecule has 0 bridgehead atoms. The van der Waals surface area contributed by atoms with Crippen molar-refractivity contribution in [2.24, 2.45) is 0 Å². The molecule has 3 fully saturated rings. The van der Waals surface area contributed by atoms with Gasteiger partial charge in [0, 0.05) is 18.1 Å². The van der Waals surface area contributed by atoms with Gasteiger partial charge in [-0.2, -0.15) is 0 Å². The Bertz CT molecular complexity index is 361. The molecule has 3 rings (SSSR count). The van der Waals surface area contributed by atoms with Gasteiger partial charge in [0.2, 0.25) is 5.91 Å². The lowest BCUT2D eigenvalue weighted by Crippen LogP contribution is -2.66. The number of rotatable bonds is 2. The first-order chi connectivity index (χ1) is 10.2. The molecule has 1 amide bonds. The number of hydrogen-bond acceptors (Lipinski definition) is 3. The van der Waals surface area contributed by atoms with Crippen LogP contribution in [0.2, 0.25) is 0 Å². The van der Waals surface area contributed by atoms with Crippen molar-refractivity contribution in [3.05, 3.63) is 0 Å². The molecule has 3 saturated heterocycles. The standard InChI is InChI=1S/C17H31N3O/c1-17-9-7-13-20(15(17)8-6-10-18-17)16(21)14-19-11-4-2-3-5-12-19/h15,18H,2-14H2,1H3/t15-,17+/m1/s1. The van der Waals surface area contributed by atoms with Gasteiger partial charge in [0.1, 0.15) is 0 Å². The maximum Gasteiger partial charge on any atom is 0.237 e. The number of likely N-dealkylation sites (tertiary alicyclic amines) is 2. The molecule has 3 aliphatic rings. The number of carbonyl (C=O) groups excluding carboxylic acids is 1. The van der Waals surface area contributed by atoms with Crippen molar-refractivity contribution in [1.82, 2.24) is 15.1 Å². The topological polar surface area (TPSA) is 35.6 Å². The van der Waals surface area contributed by atoms with E-state index in [2.05, 4.69) is 22.0 Å². The summed E-state index contributed by atoms with van der Waals surface area (Å²) in [6.45, 7) is 7.27. The summed E-state index contributed by atoms with van der Waals surface area (Å²) < 4.78 is 0. The van der Waals surface area contributed by atoms with E-state index >= 15 is 0 Å². The van der Waals surface area contributed by atoms with E-state index in [1.807, 2.05) is 0 Å². The average molecular weight is 293 g/mol. The minimum absolute atomic E-state index is 0.158. The number of piperidine rings is 2. The van der Waals surface area contributed by atoms with Gasteiger partial charge in [-0.05, 0) is 65.1 Å². The number of fused-ring (bicyclic) bond motifs is 1. The molecular formula is C17H31N3O. The Kier molecular flexibility index (Phi) is 4.85. The summed E-state index contributed by atoms with van der Waals surface area (Å²) in [5, 5.41) is 3.69. The van der Waals surface area contributed by atoms with Crippen LogP contribution in [0, 0.1) is 0 Å². The molecule has 1 N–H and O–H groups in total. The Morgan fingerprint density at radius 3 is 2.62 bits per heavy atom. The molecule has 2 atom stereocenters. The number of carbonyl (C=O) groups is 1. The highest BCUT2D eigenvalue weighted by molar-refractivity contribution is 5.79. The van der Waals surface area contributed by atoms with Gasteiger partial charge in [-0.15, -0.1) is 0 Å². The first-order valence-electron chi connectivity index (χ1n) is 8.96. The maximum absolute atomic E-state index is 12.8. The predicted octanol–water partition coefficient (Wildman–Crippen LogP) is 2.00. The second kappa shape index (κ2) is 6.66. The van der Waals surface area contributed by atoms with Gasteiger partial charge in [-0.3, -0.25) is 9.69 Å². The van der Waals surface area contributed by atoms with E-state index in [-0.39, 0.29) is 5.54 Å². The molecule has 3 aliphatic heterocycles. The lowest BCUT2D eigenvalue weighted by Gasteiger charge is -2.51. The van der Waals surface area contributed by atoms with Crippen LogP contribution in [0.5, 0.6) is 0 Å². The number of amides is 1. The normalized spacial score (nSPS) is 35.1. The van der Waals surface area contributed by atoms with E-state index in [0.717, 1.165) is 32.6 Å². The molecule has 0 radical (unpaired) electrons. The average Bonchev–Trinajstić information content (AvgIpc) is 2.74. The van der Waals surface area contributed by atoms with Crippen LogP contribution in [-0.2, 0) is 4.79 Å². The molecule has 0 aromatic heterocycles. The second-order valence-corrected chi connectivity index (χ2v) is 7.38. The van der Waals surface area contributed by atoms with Crippen molar-refractivity contribution < 1.29 is 4.79 Å². The van der Waals surface area contributed by atoms with Crippen LogP contribution in [-0.4, -0.2) is 60.0 Å². The molecule has 0 saturated carbocycles. The second-order valence-electron chi connectivity index (χ2n) is 7.38. The Morgan fingerprint density at radius 1 is 1.10 bits per heavy atom. The number of nitrogens with one attached hydrogen (secondary N) is 1. The van der Waals surface area contributed by atoms with Gasteiger partial charge in [-0.1, -0.05) is 12.8 Å². The van der Waals surface area contributed by atoms with Gasteiger partial charge in [0.25, 0.3) is 0 Å². The smallest absolute Gasteiger partial charge is 0.237 e. The third-order valence-corrected chi connectivity index (χ3v) is 5.77. The molecule has 4 nitrogen and oxygen atoms in total. The lowest BCUT2D eigenvalue weighted by atomic mass is 9.78. The Balaban J connectivity index is 1.62. The summed E-state index contributed by atoms with van der Waals surface area (Å²) in [5.41, 5.74) is 0.158. The molecule has 0 aromatic carbocycles. The molecule has 0 aliphatic carbocycles. The van der Waals surface area contributed by atoms with E-state index in [1.54, 1.807) is 0 Å². The van der Waals surface area contributed by atoms with Crippen LogP contribution in [0.15, 0.2) is 0 Å². The van der Waals surface area contributed by atoms with Crippen LogP contribution in [0.1, 0.15) is 58.3 Å². The predicted molar refractivity (Wildman–Crippen MR) is 85.3 cm³/mol. The summed E-state index contributed by atoms with van der Waals surface area (Å²) in [7, 11) is 0. The van der Waals surface area contributed by atoms with E-state index in [4.69, 9.17) is 0 Å². The largest absolute Gasteiger partial charge is 0.337 e. The van der Waals surface area contributed by atoms with E-state index < -0.39 is 0 Å². The first-order valence-corrected chi connectivity index (χ1v) is 8.96. The van der Waals surface area contributed by atoms with E-state index in [1.165, 1.54) is 44.9 Å². The fraction of sp³-hybridized carbons (Fsp3) is 0.941. The van der Waals surface area contributed by atoms with Gasteiger partial charge < -0.3 is 10.2 Å². The summed E-state index contributed by atoms with van der Waals surface area (Å²) in [6, 6.07) is 0.416. The van der Waals surface area contributed by atoms with Crippen LogP contribution in [0.25, 0.3) is 0 Å². The monoisotopic (exact) mass is 293 g/mol. The zero-order chi connectivity index (χ0) is 14.7. The first kappa shape index (κ1) is 15.3. The highest BCUT2D eigenvalue weighted by atomic mass is 16.2. The molecule has 3 heterocycles. The minimum atomic E-state index is 0.158. The van der Waals surface area contributed by atoms with Gasteiger partial charge >= 0.3 is 0 Å². The third kappa shape index (κ3) is 3.42. The Morgan fingerprint density at radius 2 is 1.86 bits per heavy atom. The summed E-state index contributed by atoms with van der Waals surface area (Å²) >= 11 is 0. The summed E-state index contributed by atoms with van der Waals surface area (Å²) in [5.74, 6) is 0.372. The van der Waals surface area contributed by atoms with Crippen molar-refractivity contribution in [3.63, 3.8) is 0 Å². The quantitative estimate of drug-likeness (QED) is 0.846. The van der Waals surface area contributed by atoms with Crippen molar-refractivity contribution in [3.8, 4) is 0 Å². The molecule has 120 valence electrons. The van der Waals surface area contributed by atoms with Crippen molar-refractivity contribution >= 4 is 5.91 Å².